The van der Waals surface area contributed by atoms with Crippen molar-refractivity contribution in [2.75, 3.05) is 18.6 Å². The van der Waals surface area contributed by atoms with Gasteiger partial charge in [-0.05, 0) is 17.2 Å². The lowest BCUT2D eigenvalue weighted by molar-refractivity contribution is 0.0405. The summed E-state index contributed by atoms with van der Waals surface area (Å²) < 4.78 is 10.3. The third-order valence-electron chi connectivity index (χ3n) is 5.17. The number of nitrogens with zero attached hydrogens (tertiary/aromatic N) is 2. The third kappa shape index (κ3) is 2.89. The van der Waals surface area contributed by atoms with Gasteiger partial charge in [0.25, 0.3) is 5.91 Å². The molecule has 1 unspecified atom stereocenters. The fourth-order valence-electron chi connectivity index (χ4n) is 3.87. The van der Waals surface area contributed by atoms with E-state index in [1.165, 1.54) is 30.2 Å². The molecule has 2 aliphatic heterocycles. The van der Waals surface area contributed by atoms with Crippen LogP contribution in [0, 0.1) is 0 Å². The maximum Gasteiger partial charge on any atom is 0.416 e. The van der Waals surface area contributed by atoms with E-state index in [1.807, 2.05) is 24.3 Å². The number of fused-ring (bicyclic) bond motifs is 4. The van der Waals surface area contributed by atoms with Gasteiger partial charge < -0.3 is 24.6 Å². The van der Waals surface area contributed by atoms with Crippen molar-refractivity contribution in [2.45, 2.75) is 18.8 Å². The SMILES string of the molecule is C=CCOC(=O)N1c2cc(O)c(OC)cc2C(=O)N2Cc3ccccc3[C@H]2C1O. The summed E-state index contributed by atoms with van der Waals surface area (Å²) in [6.07, 6.45) is -0.882. The molecule has 2 aromatic carbocycles. The number of carbonyl (C=O) groups is 2. The first-order chi connectivity index (χ1) is 14.0. The summed E-state index contributed by atoms with van der Waals surface area (Å²) >= 11 is 0. The highest BCUT2D eigenvalue weighted by molar-refractivity contribution is 6.06. The van der Waals surface area contributed by atoms with Crippen LogP contribution in [0.5, 0.6) is 11.5 Å². The van der Waals surface area contributed by atoms with Crippen LogP contribution < -0.4 is 9.64 Å². The van der Waals surface area contributed by atoms with Crippen LogP contribution in [0.15, 0.2) is 49.1 Å². The molecule has 2 amide bonds. The van der Waals surface area contributed by atoms with E-state index in [0.29, 0.717) is 0 Å². The molecule has 0 saturated heterocycles. The molecule has 2 aliphatic rings. The average molecular weight is 396 g/mol. The van der Waals surface area contributed by atoms with Crippen LogP contribution >= 0.6 is 0 Å². The van der Waals surface area contributed by atoms with Crippen LogP contribution in [0.1, 0.15) is 27.5 Å². The maximum atomic E-state index is 13.4. The Morgan fingerprint density at radius 3 is 2.83 bits per heavy atom. The topological polar surface area (TPSA) is 99.5 Å². The van der Waals surface area contributed by atoms with Crippen molar-refractivity contribution in [3.8, 4) is 11.5 Å². The van der Waals surface area contributed by atoms with Gasteiger partial charge in [-0.3, -0.25) is 4.79 Å². The highest BCUT2D eigenvalue weighted by Gasteiger charge is 2.47. The molecule has 0 fully saturated rings. The number of phenolic OH excluding ortho intramolecular Hbond substituents is 1. The van der Waals surface area contributed by atoms with Gasteiger partial charge in [0, 0.05) is 12.6 Å². The Labute approximate surface area is 167 Å². The summed E-state index contributed by atoms with van der Waals surface area (Å²) in [4.78, 5) is 28.7. The Morgan fingerprint density at radius 1 is 1.34 bits per heavy atom. The minimum absolute atomic E-state index is 0.0433. The van der Waals surface area contributed by atoms with Crippen LogP contribution in [-0.4, -0.2) is 47.1 Å². The zero-order valence-electron chi connectivity index (χ0n) is 15.7. The molecule has 2 atom stereocenters. The van der Waals surface area contributed by atoms with E-state index in [9.17, 15) is 19.8 Å². The highest BCUT2D eigenvalue weighted by atomic mass is 16.6. The van der Waals surface area contributed by atoms with Gasteiger partial charge in [-0.1, -0.05) is 36.9 Å². The van der Waals surface area contributed by atoms with Gasteiger partial charge in [0.2, 0.25) is 0 Å². The molecule has 0 spiro atoms. The van der Waals surface area contributed by atoms with Gasteiger partial charge >= 0.3 is 6.09 Å². The predicted molar refractivity (Wildman–Crippen MR) is 104 cm³/mol. The lowest BCUT2D eigenvalue weighted by Gasteiger charge is -2.32. The van der Waals surface area contributed by atoms with Crippen molar-refractivity contribution in [3.05, 3.63) is 65.7 Å². The molecule has 8 heteroatoms. The average Bonchev–Trinajstić information content (AvgIpc) is 3.08. The summed E-state index contributed by atoms with van der Waals surface area (Å²) in [5.74, 6) is -0.575. The minimum Gasteiger partial charge on any atom is -0.504 e. The molecule has 8 nitrogen and oxygen atoms in total. The van der Waals surface area contributed by atoms with E-state index in [1.54, 1.807) is 0 Å². The first-order valence-electron chi connectivity index (χ1n) is 9.02. The molecule has 0 aromatic heterocycles. The van der Waals surface area contributed by atoms with Crippen molar-refractivity contribution in [2.24, 2.45) is 0 Å². The molecule has 0 aliphatic carbocycles. The Kier molecular flexibility index (Phi) is 4.63. The van der Waals surface area contributed by atoms with Gasteiger partial charge in [-0.15, -0.1) is 0 Å². The van der Waals surface area contributed by atoms with Crippen molar-refractivity contribution in [1.82, 2.24) is 4.90 Å². The van der Waals surface area contributed by atoms with Crippen molar-refractivity contribution in [1.29, 1.82) is 0 Å². The molecule has 2 N–H and O–H groups in total. The number of methoxy groups -OCH3 is 1. The van der Waals surface area contributed by atoms with Crippen LogP contribution in [-0.2, 0) is 11.3 Å². The van der Waals surface area contributed by atoms with Crippen molar-refractivity contribution >= 4 is 17.7 Å². The normalized spacial score (nSPS) is 19.7. The van der Waals surface area contributed by atoms with E-state index in [2.05, 4.69) is 6.58 Å². The quantitative estimate of drug-likeness (QED) is 0.774. The van der Waals surface area contributed by atoms with E-state index >= 15 is 0 Å². The van der Waals surface area contributed by atoms with Gasteiger partial charge in [-0.25, -0.2) is 9.69 Å². The van der Waals surface area contributed by atoms with Crippen LogP contribution in [0.2, 0.25) is 0 Å². The van der Waals surface area contributed by atoms with E-state index in [4.69, 9.17) is 9.47 Å². The number of phenols is 1. The minimum atomic E-state index is -1.42. The standard InChI is InChI=1S/C21H20N2O6/c1-3-8-29-21(27)23-15-10-16(24)17(28-2)9-14(15)19(25)22-11-12-6-4-5-7-13(12)18(22)20(23)26/h3-7,9-10,18,20,24,26H,1,8,11H2,2H3/t18-,20?/m0/s1. The second-order valence-electron chi connectivity index (χ2n) is 6.77. The Balaban J connectivity index is 1.91. The number of hydrogen-bond donors (Lipinski definition) is 2. The van der Waals surface area contributed by atoms with Gasteiger partial charge in [0.1, 0.15) is 12.6 Å². The number of ether oxygens (including phenoxy) is 2. The number of rotatable bonds is 3. The van der Waals surface area contributed by atoms with E-state index in [-0.39, 0.29) is 35.9 Å². The second kappa shape index (κ2) is 7.14. The molecule has 4 rings (SSSR count). The fourth-order valence-corrected chi connectivity index (χ4v) is 3.87. The summed E-state index contributed by atoms with van der Waals surface area (Å²) in [6.45, 7) is 3.73. The van der Waals surface area contributed by atoms with Crippen LogP contribution in [0.3, 0.4) is 0 Å². The maximum absolute atomic E-state index is 13.4. The molecule has 150 valence electrons. The van der Waals surface area contributed by atoms with Crippen LogP contribution in [0.4, 0.5) is 10.5 Å². The first kappa shape index (κ1) is 18.8. The van der Waals surface area contributed by atoms with Gasteiger partial charge in [-0.2, -0.15) is 0 Å². The molecular weight excluding hydrogens is 376 g/mol. The van der Waals surface area contributed by atoms with Crippen molar-refractivity contribution < 1.29 is 29.3 Å². The van der Waals surface area contributed by atoms with Gasteiger partial charge in [0.15, 0.2) is 17.7 Å². The van der Waals surface area contributed by atoms with E-state index in [0.717, 1.165) is 16.0 Å². The molecule has 0 saturated carbocycles. The monoisotopic (exact) mass is 396 g/mol. The van der Waals surface area contributed by atoms with Crippen molar-refractivity contribution in [3.63, 3.8) is 0 Å². The number of aliphatic hydroxyl groups excluding tert-OH is 1. The smallest absolute Gasteiger partial charge is 0.416 e. The highest BCUT2D eigenvalue weighted by Crippen LogP contribution is 2.45. The van der Waals surface area contributed by atoms with Gasteiger partial charge in [0.05, 0.1) is 18.4 Å². The molecule has 29 heavy (non-hydrogen) atoms. The fraction of sp³-hybridized carbons (Fsp3) is 0.238. The number of aromatic hydroxyl groups is 1. The number of benzene rings is 2. The number of amides is 2. The number of aliphatic hydroxyl groups is 1. The number of anilines is 1. The summed E-state index contributed by atoms with van der Waals surface area (Å²) in [7, 11) is 1.36. The predicted octanol–water partition coefficient (Wildman–Crippen LogP) is 2.56. The zero-order valence-corrected chi connectivity index (χ0v) is 15.7. The molecule has 0 radical (unpaired) electrons. The van der Waals surface area contributed by atoms with Crippen LogP contribution in [0.25, 0.3) is 0 Å². The molecule has 0 bridgehead atoms. The Bertz CT molecular complexity index is 1000. The molecular formula is C21H20N2O6. The summed E-state index contributed by atoms with van der Waals surface area (Å²) in [5.41, 5.74) is 1.80. The Hall–Kier alpha value is -3.52. The third-order valence-corrected chi connectivity index (χ3v) is 5.17. The first-order valence-corrected chi connectivity index (χ1v) is 9.02. The summed E-state index contributed by atoms with van der Waals surface area (Å²) in [6, 6.07) is 9.16. The lowest BCUT2D eigenvalue weighted by Crippen LogP contribution is -2.46. The zero-order chi connectivity index (χ0) is 20.7. The number of carbonyl (C=O) groups excluding carboxylic acids is 2. The summed E-state index contributed by atoms with van der Waals surface area (Å²) in [5, 5.41) is 21.5. The molecule has 2 aromatic rings. The number of hydrogen-bond acceptors (Lipinski definition) is 6. The largest absolute Gasteiger partial charge is 0.504 e. The lowest BCUT2D eigenvalue weighted by atomic mass is 10.0. The van der Waals surface area contributed by atoms with E-state index < -0.39 is 24.3 Å². The second-order valence-corrected chi connectivity index (χ2v) is 6.77. The Morgan fingerprint density at radius 2 is 2.10 bits per heavy atom. The molecule has 2 heterocycles.